The number of aliphatic hydroxyl groups is 1. The third kappa shape index (κ3) is 9.34. The number of nitrogens with zero attached hydrogens (tertiary/aromatic N) is 3. The molecule has 224 valence electrons. The molecule has 0 bridgehead atoms. The first-order valence-corrected chi connectivity index (χ1v) is 15.0. The van der Waals surface area contributed by atoms with E-state index in [0.717, 1.165) is 69.9 Å². The lowest BCUT2D eigenvalue weighted by Crippen LogP contribution is -2.59. The summed E-state index contributed by atoms with van der Waals surface area (Å²) in [5.41, 5.74) is 6.11. The van der Waals surface area contributed by atoms with Crippen LogP contribution in [-0.2, 0) is 19.1 Å². The molecular formula is C28H45N5O6S. The van der Waals surface area contributed by atoms with Crippen molar-refractivity contribution in [1.82, 2.24) is 20.1 Å². The number of aliphatic hydroxyl groups excluding tert-OH is 1. The third-order valence-corrected chi connectivity index (χ3v) is 8.79. The van der Waals surface area contributed by atoms with Crippen molar-refractivity contribution in [3.05, 3.63) is 28.7 Å². The van der Waals surface area contributed by atoms with E-state index in [4.69, 9.17) is 14.3 Å². The zero-order valence-electron chi connectivity index (χ0n) is 23.6. The van der Waals surface area contributed by atoms with Gasteiger partial charge in [0.15, 0.2) is 0 Å². The van der Waals surface area contributed by atoms with Crippen LogP contribution in [0.1, 0.15) is 54.6 Å². The molecule has 4 heterocycles. The maximum Gasteiger partial charge on any atom is 0.265 e. The summed E-state index contributed by atoms with van der Waals surface area (Å²) in [6, 6.07) is 0. The topological polar surface area (TPSA) is 147 Å². The number of hydrogen-bond acceptors (Lipinski definition) is 9. The predicted molar refractivity (Wildman–Crippen MR) is 153 cm³/mol. The molecule has 1 aliphatic carbocycles. The van der Waals surface area contributed by atoms with E-state index in [1.54, 1.807) is 18.8 Å². The van der Waals surface area contributed by atoms with Gasteiger partial charge in [-0.1, -0.05) is 12.2 Å². The molecule has 1 aromatic heterocycles. The number of likely N-dealkylation sites (tertiary alicyclic amines) is 2. The minimum absolute atomic E-state index is 0.0124. The molecule has 3 aliphatic heterocycles. The molecule has 5 rings (SSSR count). The number of rotatable bonds is 9. The Morgan fingerprint density at radius 3 is 2.73 bits per heavy atom. The van der Waals surface area contributed by atoms with Gasteiger partial charge in [0.05, 0.1) is 37.6 Å². The monoisotopic (exact) mass is 579 g/mol. The number of thiazole rings is 1. The highest BCUT2D eigenvalue weighted by molar-refractivity contribution is 7.11. The molecule has 4 aliphatic rings. The van der Waals surface area contributed by atoms with E-state index in [1.165, 1.54) is 24.2 Å². The number of carbonyl (C=O) groups excluding carboxylic acids is 3. The molecule has 11 nitrogen and oxygen atoms in total. The molecular weight excluding hydrogens is 534 g/mol. The van der Waals surface area contributed by atoms with Crippen molar-refractivity contribution in [1.29, 1.82) is 0 Å². The van der Waals surface area contributed by atoms with Crippen molar-refractivity contribution in [2.75, 3.05) is 66.2 Å². The molecule has 0 aromatic carbocycles. The van der Waals surface area contributed by atoms with Crippen LogP contribution < -0.4 is 11.1 Å². The van der Waals surface area contributed by atoms with Crippen LogP contribution in [0.5, 0.6) is 0 Å². The quantitative estimate of drug-likeness (QED) is 0.226. The van der Waals surface area contributed by atoms with E-state index in [-0.39, 0.29) is 30.2 Å². The molecule has 3 fully saturated rings. The number of amides is 3. The Labute approximate surface area is 241 Å². The van der Waals surface area contributed by atoms with Gasteiger partial charge in [-0.05, 0) is 38.5 Å². The highest BCUT2D eigenvalue weighted by atomic mass is 32.1. The van der Waals surface area contributed by atoms with Crippen LogP contribution in [0.4, 0.5) is 0 Å². The Hall–Kier alpha value is -2.38. The third-order valence-electron chi connectivity index (χ3n) is 8.03. The molecule has 1 spiro atoms. The smallest absolute Gasteiger partial charge is 0.265 e. The molecule has 2 unspecified atom stereocenters. The number of nitrogens with one attached hydrogen (secondary N) is 1. The fourth-order valence-corrected chi connectivity index (χ4v) is 6.38. The molecule has 3 saturated heterocycles. The molecule has 1 aromatic rings. The number of carbonyl (C=O) groups is 3. The number of nitrogens with two attached hydrogens (primary N) is 1. The van der Waals surface area contributed by atoms with Crippen molar-refractivity contribution in [2.24, 2.45) is 16.6 Å². The molecule has 0 saturated carbocycles. The Balaban J connectivity index is 0.000000208. The maximum atomic E-state index is 12.4. The molecule has 4 N–H and O–H groups in total. The van der Waals surface area contributed by atoms with Crippen molar-refractivity contribution in [3.63, 3.8) is 0 Å². The lowest BCUT2D eigenvalue weighted by molar-refractivity contribution is -0.122. The van der Waals surface area contributed by atoms with Gasteiger partial charge in [0.25, 0.3) is 5.91 Å². The van der Waals surface area contributed by atoms with Crippen LogP contribution >= 0.6 is 11.3 Å². The average molecular weight is 580 g/mol. The van der Waals surface area contributed by atoms with Crippen molar-refractivity contribution < 1.29 is 29.0 Å². The van der Waals surface area contributed by atoms with Gasteiger partial charge in [0.2, 0.25) is 12.3 Å². The second-order valence-corrected chi connectivity index (χ2v) is 12.0. The summed E-state index contributed by atoms with van der Waals surface area (Å²) in [5, 5.41) is 12.0. The van der Waals surface area contributed by atoms with Crippen LogP contribution in [0.25, 0.3) is 0 Å². The van der Waals surface area contributed by atoms with E-state index in [0.29, 0.717) is 31.2 Å². The molecule has 3 amide bonds. The SMILES string of the molecule is CNC(=O)CCOCC1(CO)CC=CCC1.NC=O.O=C(c1cncs1)N1CCC2(CN(CC3CCCO3)C2)C1. The lowest BCUT2D eigenvalue weighted by atomic mass is 9.78. The van der Waals surface area contributed by atoms with Crippen molar-refractivity contribution >= 4 is 29.6 Å². The van der Waals surface area contributed by atoms with Gasteiger partial charge in [-0.15, -0.1) is 11.3 Å². The Morgan fingerprint density at radius 1 is 1.32 bits per heavy atom. The van der Waals surface area contributed by atoms with Crippen LogP contribution in [0.15, 0.2) is 23.9 Å². The van der Waals surface area contributed by atoms with E-state index in [2.05, 4.69) is 33.1 Å². The van der Waals surface area contributed by atoms with Crippen LogP contribution in [0.2, 0.25) is 0 Å². The van der Waals surface area contributed by atoms with Crippen molar-refractivity contribution in [2.45, 2.75) is 51.0 Å². The lowest BCUT2D eigenvalue weighted by Gasteiger charge is -2.48. The summed E-state index contributed by atoms with van der Waals surface area (Å²) in [7, 11) is 1.61. The van der Waals surface area contributed by atoms with Gasteiger partial charge in [0.1, 0.15) is 4.88 Å². The van der Waals surface area contributed by atoms with Gasteiger partial charge in [-0.25, -0.2) is 0 Å². The summed E-state index contributed by atoms with van der Waals surface area (Å²) in [5.74, 6) is 0.147. The summed E-state index contributed by atoms with van der Waals surface area (Å²) >= 11 is 1.44. The maximum absolute atomic E-state index is 12.4. The largest absolute Gasteiger partial charge is 0.396 e. The van der Waals surface area contributed by atoms with Crippen LogP contribution in [-0.4, -0.2) is 110 Å². The molecule has 40 heavy (non-hydrogen) atoms. The predicted octanol–water partition coefficient (Wildman–Crippen LogP) is 1.43. The average Bonchev–Trinajstić information content (AvgIpc) is 3.75. The van der Waals surface area contributed by atoms with Gasteiger partial charge in [-0.3, -0.25) is 24.3 Å². The minimum Gasteiger partial charge on any atom is -0.396 e. The number of allylic oxidation sites excluding steroid dienone is 2. The summed E-state index contributed by atoms with van der Waals surface area (Å²) in [4.78, 5) is 41.2. The van der Waals surface area contributed by atoms with E-state index in [9.17, 15) is 14.7 Å². The van der Waals surface area contributed by atoms with Crippen molar-refractivity contribution in [3.8, 4) is 0 Å². The summed E-state index contributed by atoms with van der Waals surface area (Å²) < 4.78 is 11.2. The highest BCUT2D eigenvalue weighted by Gasteiger charge is 2.49. The Morgan fingerprint density at radius 2 is 2.12 bits per heavy atom. The number of primary amides is 1. The van der Waals surface area contributed by atoms with E-state index in [1.807, 2.05) is 4.90 Å². The number of ether oxygens (including phenoxy) is 2. The molecule has 12 heteroatoms. The summed E-state index contributed by atoms with van der Waals surface area (Å²) in [6.45, 7) is 7.16. The van der Waals surface area contributed by atoms with Gasteiger partial charge in [0, 0.05) is 63.6 Å². The second kappa shape index (κ2) is 16.2. The first-order chi connectivity index (χ1) is 19.4. The van der Waals surface area contributed by atoms with E-state index >= 15 is 0 Å². The standard InChI is InChI=1S/C15H21N3O2S.C12H21NO3.CH3NO/c19-14(13-6-16-11-21-13)18-4-3-15(10-18)8-17(9-15)7-12-2-1-5-20-12;1-13-11(15)5-8-16-10-12(9-14)6-3-2-4-7-12;2-1-3/h6,11-12H,1-5,7-10H2;2-3,14H,4-10H2,1H3,(H,13,15);1H,(H2,2,3). The molecule has 2 atom stereocenters. The summed E-state index contributed by atoms with van der Waals surface area (Å²) in [6.07, 6.45) is 13.4. The van der Waals surface area contributed by atoms with E-state index < -0.39 is 0 Å². The molecule has 0 radical (unpaired) electrons. The Bertz CT molecular complexity index is 949. The van der Waals surface area contributed by atoms with Gasteiger partial charge >= 0.3 is 0 Å². The fourth-order valence-electron chi connectivity index (χ4n) is 5.79. The minimum atomic E-state index is -0.128. The first-order valence-electron chi connectivity index (χ1n) is 14.1. The highest BCUT2D eigenvalue weighted by Crippen LogP contribution is 2.40. The number of hydrogen-bond donors (Lipinski definition) is 3. The van der Waals surface area contributed by atoms with Crippen LogP contribution in [0.3, 0.4) is 0 Å². The zero-order valence-corrected chi connectivity index (χ0v) is 24.4. The second-order valence-electron chi connectivity index (χ2n) is 11.1. The fraction of sp³-hybridized carbons (Fsp3) is 0.714. The van der Waals surface area contributed by atoms with Gasteiger partial charge < -0.3 is 30.5 Å². The first kappa shape index (κ1) is 32.1. The van der Waals surface area contributed by atoms with Crippen LogP contribution in [0, 0.1) is 10.8 Å². The Kier molecular flexibility index (Phi) is 13.0. The van der Waals surface area contributed by atoms with Gasteiger partial charge in [-0.2, -0.15) is 0 Å². The normalized spacial score (nSPS) is 24.9. The zero-order chi connectivity index (χ0) is 28.8. The number of aromatic nitrogens is 1.